The van der Waals surface area contributed by atoms with Crippen LogP contribution >= 0.6 is 24.0 Å². The topological polar surface area (TPSA) is 59.9 Å². The number of benzene rings is 2. The first kappa shape index (κ1) is 19.0. The van der Waals surface area contributed by atoms with E-state index in [0.29, 0.717) is 16.1 Å². The van der Waals surface area contributed by atoms with Crippen molar-refractivity contribution in [2.24, 2.45) is 0 Å². The zero-order chi connectivity index (χ0) is 18.3. The van der Waals surface area contributed by atoms with Gasteiger partial charge in [-0.15, -0.1) is 12.4 Å². The molecule has 2 aromatic carbocycles. The lowest BCUT2D eigenvalue weighted by Gasteiger charge is -2.08. The number of aromatic nitrogens is 3. The molecular weight excluding hydrogens is 385 g/mol. The lowest BCUT2D eigenvalue weighted by atomic mass is 10.0. The molecule has 7 heteroatoms. The summed E-state index contributed by atoms with van der Waals surface area (Å²) in [5, 5.41) is 4.38. The Labute approximate surface area is 167 Å². The summed E-state index contributed by atoms with van der Waals surface area (Å²) < 4.78 is 6.73. The van der Waals surface area contributed by atoms with Gasteiger partial charge in [-0.1, -0.05) is 23.7 Å². The second-order valence-corrected chi connectivity index (χ2v) is 6.40. The predicted octanol–water partition coefficient (Wildman–Crippen LogP) is 4.77. The fourth-order valence-corrected chi connectivity index (χ4v) is 3.18. The van der Waals surface area contributed by atoms with Gasteiger partial charge < -0.3 is 4.74 Å². The molecule has 0 atom stereocenters. The van der Waals surface area contributed by atoms with Crippen LogP contribution in [0.5, 0.6) is 5.75 Å². The Morgan fingerprint density at radius 2 is 1.74 bits per heavy atom. The van der Waals surface area contributed by atoms with Crippen LogP contribution in [0.25, 0.3) is 27.7 Å². The molecule has 1 N–H and O–H groups in total. The molecule has 4 rings (SSSR count). The van der Waals surface area contributed by atoms with Crippen molar-refractivity contribution < 1.29 is 4.74 Å². The van der Waals surface area contributed by atoms with Crippen LogP contribution < -0.4 is 10.3 Å². The Morgan fingerprint density at radius 3 is 2.37 bits per heavy atom. The van der Waals surface area contributed by atoms with E-state index < -0.39 is 0 Å². The van der Waals surface area contributed by atoms with Gasteiger partial charge in [0.25, 0.3) is 5.56 Å². The molecule has 2 aromatic heterocycles. The standard InChI is InChI=1S/C20H16ClN3O2.ClH/c1-12-18(13-3-9-16(26-2)10-4-13)19-17(11-22-12)20(25)24(23-19)15-7-5-14(21)6-8-15;/h3-11,23H,1-2H3;1H. The lowest BCUT2D eigenvalue weighted by Crippen LogP contribution is -2.14. The van der Waals surface area contributed by atoms with E-state index in [-0.39, 0.29) is 18.0 Å². The van der Waals surface area contributed by atoms with Crippen LogP contribution in [0.2, 0.25) is 5.02 Å². The van der Waals surface area contributed by atoms with Gasteiger partial charge in [-0.05, 0) is 48.9 Å². The average Bonchev–Trinajstić information content (AvgIpc) is 2.99. The quantitative estimate of drug-likeness (QED) is 0.537. The van der Waals surface area contributed by atoms with Crippen LogP contribution in [0.15, 0.2) is 59.5 Å². The van der Waals surface area contributed by atoms with Gasteiger partial charge in [0.1, 0.15) is 5.75 Å². The van der Waals surface area contributed by atoms with Crippen LogP contribution in [0.4, 0.5) is 0 Å². The van der Waals surface area contributed by atoms with Crippen LogP contribution in [0.3, 0.4) is 0 Å². The zero-order valence-corrected chi connectivity index (χ0v) is 16.3. The minimum atomic E-state index is -0.149. The fraction of sp³-hybridized carbons (Fsp3) is 0.100. The highest BCUT2D eigenvalue weighted by Crippen LogP contribution is 2.30. The van der Waals surface area contributed by atoms with Gasteiger partial charge in [-0.3, -0.25) is 14.9 Å². The number of fused-ring (bicyclic) bond motifs is 1. The van der Waals surface area contributed by atoms with Crippen molar-refractivity contribution in [3.63, 3.8) is 0 Å². The molecule has 4 aromatic rings. The summed E-state index contributed by atoms with van der Waals surface area (Å²) in [5.74, 6) is 0.777. The highest BCUT2D eigenvalue weighted by molar-refractivity contribution is 6.30. The van der Waals surface area contributed by atoms with Crippen molar-refractivity contribution in [1.82, 2.24) is 14.8 Å². The normalized spacial score (nSPS) is 10.6. The summed E-state index contributed by atoms with van der Waals surface area (Å²) in [6.07, 6.45) is 1.61. The second kappa shape index (κ2) is 7.47. The van der Waals surface area contributed by atoms with E-state index in [4.69, 9.17) is 16.3 Å². The van der Waals surface area contributed by atoms with Crippen molar-refractivity contribution in [1.29, 1.82) is 0 Å². The lowest BCUT2D eigenvalue weighted by molar-refractivity contribution is 0.415. The molecule has 0 aliphatic carbocycles. The Hall–Kier alpha value is -2.76. The molecule has 0 bridgehead atoms. The monoisotopic (exact) mass is 401 g/mol. The molecule has 0 amide bonds. The van der Waals surface area contributed by atoms with E-state index in [1.54, 1.807) is 37.6 Å². The van der Waals surface area contributed by atoms with Crippen molar-refractivity contribution in [3.8, 4) is 22.6 Å². The summed E-state index contributed by atoms with van der Waals surface area (Å²) in [5.41, 5.74) is 4.02. The SMILES string of the molecule is COc1ccc(-c2c(C)ncc3c(=O)n(-c4ccc(Cl)cc4)[nH]c23)cc1.Cl. The van der Waals surface area contributed by atoms with Gasteiger partial charge in [-0.2, -0.15) is 0 Å². The molecule has 0 radical (unpaired) electrons. The number of hydrogen-bond donors (Lipinski definition) is 1. The number of pyridine rings is 1. The molecule has 5 nitrogen and oxygen atoms in total. The minimum absolute atomic E-state index is 0. The first-order chi connectivity index (χ1) is 12.6. The zero-order valence-electron chi connectivity index (χ0n) is 14.7. The summed E-state index contributed by atoms with van der Waals surface area (Å²) in [6, 6.07) is 14.8. The summed E-state index contributed by atoms with van der Waals surface area (Å²) in [6.45, 7) is 1.93. The van der Waals surface area contributed by atoms with E-state index in [9.17, 15) is 4.79 Å². The number of aryl methyl sites for hydroxylation is 1. The minimum Gasteiger partial charge on any atom is -0.497 e. The third-order valence-electron chi connectivity index (χ3n) is 4.39. The van der Waals surface area contributed by atoms with Crippen LogP contribution in [0, 0.1) is 6.92 Å². The largest absolute Gasteiger partial charge is 0.497 e. The number of H-pyrrole nitrogens is 1. The maximum atomic E-state index is 12.8. The number of nitrogens with zero attached hydrogens (tertiary/aromatic N) is 2. The molecule has 0 aliphatic rings. The van der Waals surface area contributed by atoms with Crippen LogP contribution in [0.1, 0.15) is 5.69 Å². The third kappa shape index (κ3) is 3.31. The Kier molecular flexibility index (Phi) is 5.26. The van der Waals surface area contributed by atoms with Gasteiger partial charge in [0.05, 0.1) is 23.7 Å². The van der Waals surface area contributed by atoms with Gasteiger partial charge in [0.15, 0.2) is 0 Å². The van der Waals surface area contributed by atoms with E-state index in [1.165, 1.54) is 4.68 Å². The molecule has 0 fully saturated rings. The first-order valence-corrected chi connectivity index (χ1v) is 8.47. The number of nitrogens with one attached hydrogen (secondary N) is 1. The maximum Gasteiger partial charge on any atom is 0.280 e. The van der Waals surface area contributed by atoms with Gasteiger partial charge in [-0.25, -0.2) is 4.68 Å². The van der Waals surface area contributed by atoms with Crippen molar-refractivity contribution >= 4 is 34.9 Å². The molecule has 0 saturated heterocycles. The van der Waals surface area contributed by atoms with Gasteiger partial charge in [0, 0.05) is 22.5 Å². The number of methoxy groups -OCH3 is 1. The Bertz CT molecular complexity index is 1150. The molecule has 2 heterocycles. The maximum absolute atomic E-state index is 12.8. The van der Waals surface area contributed by atoms with Crippen LogP contribution in [-0.4, -0.2) is 21.9 Å². The fourth-order valence-electron chi connectivity index (χ4n) is 3.05. The van der Waals surface area contributed by atoms with E-state index in [1.807, 2.05) is 31.2 Å². The number of hydrogen-bond acceptors (Lipinski definition) is 3. The average molecular weight is 402 g/mol. The highest BCUT2D eigenvalue weighted by atomic mass is 35.5. The number of aromatic amines is 1. The number of halogens is 2. The molecule has 0 saturated carbocycles. The second-order valence-electron chi connectivity index (χ2n) is 5.96. The third-order valence-corrected chi connectivity index (χ3v) is 4.64. The predicted molar refractivity (Wildman–Crippen MR) is 111 cm³/mol. The Morgan fingerprint density at radius 1 is 1.07 bits per heavy atom. The van der Waals surface area contributed by atoms with Crippen molar-refractivity contribution in [2.75, 3.05) is 7.11 Å². The van der Waals surface area contributed by atoms with Crippen molar-refractivity contribution in [3.05, 3.63) is 75.8 Å². The molecule has 0 unspecified atom stereocenters. The summed E-state index contributed by atoms with van der Waals surface area (Å²) in [4.78, 5) is 17.3. The molecule has 0 aliphatic heterocycles. The van der Waals surface area contributed by atoms with Gasteiger partial charge >= 0.3 is 0 Å². The molecule has 0 spiro atoms. The molecule has 138 valence electrons. The smallest absolute Gasteiger partial charge is 0.280 e. The number of ether oxygens (including phenoxy) is 1. The summed E-state index contributed by atoms with van der Waals surface area (Å²) >= 11 is 5.95. The van der Waals surface area contributed by atoms with E-state index in [2.05, 4.69) is 10.1 Å². The Balaban J connectivity index is 0.00000210. The highest BCUT2D eigenvalue weighted by Gasteiger charge is 2.16. The molecular formula is C20H17Cl2N3O2. The summed E-state index contributed by atoms with van der Waals surface area (Å²) in [7, 11) is 1.63. The van der Waals surface area contributed by atoms with E-state index >= 15 is 0 Å². The molecule has 27 heavy (non-hydrogen) atoms. The van der Waals surface area contributed by atoms with Crippen molar-refractivity contribution in [2.45, 2.75) is 6.92 Å². The van der Waals surface area contributed by atoms with Gasteiger partial charge in [0.2, 0.25) is 0 Å². The number of rotatable bonds is 3. The first-order valence-electron chi connectivity index (χ1n) is 8.09. The van der Waals surface area contributed by atoms with E-state index in [0.717, 1.165) is 28.1 Å². The van der Waals surface area contributed by atoms with Crippen LogP contribution in [-0.2, 0) is 0 Å².